The third-order valence-corrected chi connectivity index (χ3v) is 4.10. The summed E-state index contributed by atoms with van der Waals surface area (Å²) in [5, 5.41) is 2.83. The van der Waals surface area contributed by atoms with Gasteiger partial charge in [-0.3, -0.25) is 9.78 Å². The molecule has 0 atom stereocenters. The Kier molecular flexibility index (Phi) is 3.49. The number of aromatic nitrogens is 3. The molecule has 0 fully saturated rings. The maximum absolute atomic E-state index is 12.2. The molecule has 6 nitrogen and oxygen atoms in total. The molecular weight excluding hydrogens is 286 g/mol. The van der Waals surface area contributed by atoms with Gasteiger partial charge in [-0.2, -0.15) is 0 Å². The van der Waals surface area contributed by atoms with E-state index >= 15 is 0 Å². The van der Waals surface area contributed by atoms with E-state index < -0.39 is 0 Å². The lowest BCUT2D eigenvalue weighted by atomic mass is 10.2. The van der Waals surface area contributed by atoms with Crippen LogP contribution in [0.25, 0.3) is 10.3 Å². The average molecular weight is 299 g/mol. The second kappa shape index (κ2) is 5.45. The normalized spacial score (nSPS) is 10.7. The van der Waals surface area contributed by atoms with Crippen LogP contribution in [0.2, 0.25) is 0 Å². The van der Waals surface area contributed by atoms with Crippen LogP contribution < -0.4 is 11.1 Å². The number of pyridine rings is 1. The number of nitrogens with two attached hydrogens (primary N) is 1. The Morgan fingerprint density at radius 3 is 2.81 bits per heavy atom. The van der Waals surface area contributed by atoms with Crippen LogP contribution in [-0.2, 0) is 6.54 Å². The molecule has 0 saturated heterocycles. The zero-order valence-corrected chi connectivity index (χ0v) is 12.1. The summed E-state index contributed by atoms with van der Waals surface area (Å²) in [7, 11) is 0. The fourth-order valence-corrected chi connectivity index (χ4v) is 2.82. The molecule has 0 bridgehead atoms. The number of amides is 1. The molecule has 0 radical (unpaired) electrons. The minimum atomic E-state index is -0.224. The van der Waals surface area contributed by atoms with Gasteiger partial charge < -0.3 is 11.1 Å². The summed E-state index contributed by atoms with van der Waals surface area (Å²) in [6.45, 7) is 2.32. The highest BCUT2D eigenvalue weighted by Gasteiger charge is 2.17. The van der Waals surface area contributed by atoms with Gasteiger partial charge in [-0.25, -0.2) is 9.97 Å². The van der Waals surface area contributed by atoms with E-state index in [4.69, 9.17) is 5.73 Å². The Balaban J connectivity index is 1.78. The molecule has 21 heavy (non-hydrogen) atoms. The molecule has 0 aromatic carbocycles. The maximum atomic E-state index is 12.2. The monoisotopic (exact) mass is 299 g/mol. The quantitative estimate of drug-likeness (QED) is 0.770. The molecule has 3 aromatic heterocycles. The molecule has 3 N–H and O–H groups in total. The van der Waals surface area contributed by atoms with Crippen LogP contribution in [0.5, 0.6) is 0 Å². The third-order valence-electron chi connectivity index (χ3n) is 3.00. The first-order valence-corrected chi connectivity index (χ1v) is 7.15. The molecule has 0 spiro atoms. The molecule has 0 aliphatic heterocycles. The van der Waals surface area contributed by atoms with Crippen molar-refractivity contribution in [1.82, 2.24) is 20.3 Å². The highest BCUT2D eigenvalue weighted by molar-refractivity contribution is 7.21. The van der Waals surface area contributed by atoms with Crippen LogP contribution in [0.15, 0.2) is 30.7 Å². The highest BCUT2D eigenvalue weighted by Crippen LogP contribution is 2.30. The number of thiophene rings is 1. The van der Waals surface area contributed by atoms with Gasteiger partial charge in [0.2, 0.25) is 0 Å². The molecule has 106 valence electrons. The summed E-state index contributed by atoms with van der Waals surface area (Å²) >= 11 is 1.24. The largest absolute Gasteiger partial charge is 0.396 e. The van der Waals surface area contributed by atoms with Gasteiger partial charge >= 0.3 is 0 Å². The molecule has 7 heteroatoms. The summed E-state index contributed by atoms with van der Waals surface area (Å²) in [5.41, 5.74) is 8.79. The van der Waals surface area contributed by atoms with Crippen LogP contribution in [0.4, 0.5) is 5.69 Å². The molecule has 0 aliphatic rings. The van der Waals surface area contributed by atoms with E-state index in [1.807, 2.05) is 19.1 Å². The van der Waals surface area contributed by atoms with Gasteiger partial charge in [-0.05, 0) is 18.6 Å². The van der Waals surface area contributed by atoms with E-state index in [0.717, 1.165) is 11.3 Å². The maximum Gasteiger partial charge on any atom is 0.263 e. The predicted octanol–water partition coefficient (Wildman–Crippen LogP) is 1.91. The van der Waals surface area contributed by atoms with Crippen LogP contribution in [0.3, 0.4) is 0 Å². The molecule has 0 aliphatic carbocycles. The summed E-state index contributed by atoms with van der Waals surface area (Å²) < 4.78 is 0. The Bertz CT molecular complexity index is 797. The second-order valence-corrected chi connectivity index (χ2v) is 5.54. The Hall–Kier alpha value is -2.54. The molecule has 0 unspecified atom stereocenters. The van der Waals surface area contributed by atoms with Gasteiger partial charge in [0.1, 0.15) is 15.2 Å². The predicted molar refractivity (Wildman–Crippen MR) is 82.0 cm³/mol. The number of hydrogen-bond acceptors (Lipinski definition) is 6. The molecule has 1 amide bonds. The van der Waals surface area contributed by atoms with Crippen molar-refractivity contribution in [2.45, 2.75) is 13.5 Å². The van der Waals surface area contributed by atoms with Crippen molar-refractivity contribution < 1.29 is 4.79 Å². The van der Waals surface area contributed by atoms with Gasteiger partial charge in [-0.1, -0.05) is 6.07 Å². The van der Waals surface area contributed by atoms with Crippen molar-refractivity contribution in [3.63, 3.8) is 0 Å². The van der Waals surface area contributed by atoms with Crippen LogP contribution >= 0.6 is 11.3 Å². The Labute approximate surface area is 125 Å². The van der Waals surface area contributed by atoms with E-state index in [-0.39, 0.29) is 5.91 Å². The van der Waals surface area contributed by atoms with E-state index in [2.05, 4.69) is 20.3 Å². The number of anilines is 1. The van der Waals surface area contributed by atoms with Crippen molar-refractivity contribution in [2.24, 2.45) is 0 Å². The first-order chi connectivity index (χ1) is 10.1. The summed E-state index contributed by atoms with van der Waals surface area (Å²) in [4.78, 5) is 25.8. The van der Waals surface area contributed by atoms with E-state index in [1.165, 1.54) is 11.3 Å². The zero-order valence-electron chi connectivity index (χ0n) is 11.3. The lowest BCUT2D eigenvalue weighted by molar-refractivity contribution is 0.0956. The van der Waals surface area contributed by atoms with E-state index in [9.17, 15) is 4.79 Å². The summed E-state index contributed by atoms with van der Waals surface area (Å²) in [5.74, 6) is -0.224. The molecule has 3 aromatic rings. The molecule has 0 saturated carbocycles. The highest BCUT2D eigenvalue weighted by atomic mass is 32.1. The number of carbonyl (C=O) groups excluding carboxylic acids is 1. The number of rotatable bonds is 3. The van der Waals surface area contributed by atoms with Crippen LogP contribution in [0.1, 0.15) is 20.9 Å². The van der Waals surface area contributed by atoms with Crippen molar-refractivity contribution >= 4 is 33.3 Å². The molecule has 3 rings (SSSR count). The number of fused-ring (bicyclic) bond motifs is 1. The minimum Gasteiger partial charge on any atom is -0.396 e. The van der Waals surface area contributed by atoms with Gasteiger partial charge in [0, 0.05) is 30.8 Å². The smallest absolute Gasteiger partial charge is 0.263 e. The topological polar surface area (TPSA) is 93.8 Å². The fraction of sp³-hybridized carbons (Fsp3) is 0.143. The summed E-state index contributed by atoms with van der Waals surface area (Å²) in [6.07, 6.45) is 4.88. The number of nitrogens with one attached hydrogen (secondary N) is 1. The van der Waals surface area contributed by atoms with E-state index in [0.29, 0.717) is 27.5 Å². The van der Waals surface area contributed by atoms with Gasteiger partial charge in [-0.15, -0.1) is 11.3 Å². The van der Waals surface area contributed by atoms with Crippen LogP contribution in [-0.4, -0.2) is 20.9 Å². The van der Waals surface area contributed by atoms with Gasteiger partial charge in [0.25, 0.3) is 5.91 Å². The SMILES string of the molecule is Cc1ccc(CNC(=O)c2sc3nccnc3c2N)cn1. The van der Waals surface area contributed by atoms with Crippen molar-refractivity contribution in [3.8, 4) is 0 Å². The lowest BCUT2D eigenvalue weighted by Crippen LogP contribution is -2.22. The Morgan fingerprint density at radius 2 is 2.10 bits per heavy atom. The number of nitrogen functional groups attached to an aromatic ring is 1. The van der Waals surface area contributed by atoms with Crippen LogP contribution in [0, 0.1) is 6.92 Å². The van der Waals surface area contributed by atoms with Gasteiger partial charge in [0.05, 0.1) is 5.69 Å². The number of nitrogens with zero attached hydrogens (tertiary/aromatic N) is 3. The van der Waals surface area contributed by atoms with Crippen molar-refractivity contribution in [3.05, 3.63) is 46.9 Å². The number of hydrogen-bond donors (Lipinski definition) is 2. The lowest BCUT2D eigenvalue weighted by Gasteiger charge is -2.04. The molecular formula is C14H13N5OS. The van der Waals surface area contributed by atoms with E-state index in [1.54, 1.807) is 18.6 Å². The average Bonchev–Trinajstić information content (AvgIpc) is 2.84. The fourth-order valence-electron chi connectivity index (χ4n) is 1.88. The zero-order chi connectivity index (χ0) is 14.8. The standard InChI is InChI=1S/C14H13N5OS/c1-8-2-3-9(6-18-8)7-19-13(20)12-10(15)11-14(21-12)17-5-4-16-11/h2-6H,7,15H2,1H3,(H,19,20). The Morgan fingerprint density at radius 1 is 1.29 bits per heavy atom. The van der Waals surface area contributed by atoms with Crippen molar-refractivity contribution in [1.29, 1.82) is 0 Å². The third kappa shape index (κ3) is 2.68. The minimum absolute atomic E-state index is 0.224. The number of carbonyl (C=O) groups is 1. The second-order valence-electron chi connectivity index (χ2n) is 4.55. The van der Waals surface area contributed by atoms with Gasteiger partial charge in [0.15, 0.2) is 0 Å². The first kappa shape index (κ1) is 13.4. The van der Waals surface area contributed by atoms with Crippen molar-refractivity contribution in [2.75, 3.05) is 5.73 Å². The summed E-state index contributed by atoms with van der Waals surface area (Å²) in [6, 6.07) is 3.84. The molecule has 3 heterocycles. The first-order valence-electron chi connectivity index (χ1n) is 6.34. The number of aryl methyl sites for hydroxylation is 1.